The van der Waals surface area contributed by atoms with Crippen LogP contribution in [0.4, 0.5) is 0 Å². The minimum Gasteiger partial charge on any atom is -0.273 e. The van der Waals surface area contributed by atoms with E-state index in [0.29, 0.717) is 0 Å². The molecule has 0 saturated heterocycles. The second kappa shape index (κ2) is 16.7. The number of unbranched alkanes of at least 4 members (excludes halogenated alkanes) is 2. The van der Waals surface area contributed by atoms with Crippen molar-refractivity contribution >= 4 is 3.21 Å². The van der Waals surface area contributed by atoms with E-state index in [0.717, 1.165) is 12.8 Å². The smallest absolute Gasteiger partial charge is 0.0253 e. The molecule has 4 aromatic carbocycles. The minimum atomic E-state index is 1.01. The Morgan fingerprint density at radius 1 is 0.738 bits per heavy atom. The molecule has 0 nitrogen and oxygen atoms in total. The Labute approximate surface area is 269 Å². The largest absolute Gasteiger partial charge is 0.273 e. The molecule has 0 spiro atoms. The van der Waals surface area contributed by atoms with Gasteiger partial charge >= 0.3 is 151 Å². The molecular formula is C41H44Zr. The summed E-state index contributed by atoms with van der Waals surface area (Å²) < 4.78 is 1.45. The molecule has 6 rings (SSSR count). The van der Waals surface area contributed by atoms with Gasteiger partial charge in [0.2, 0.25) is 0 Å². The SMILES string of the molecule is CCCCc1ccc([C](=[Zr+2])c2ccc(CCCC)cc2)cc1.Cc1[c-]c2c(cc1)-c1ccc(C)cc1C2.[C-]1=CC=CC1. The van der Waals surface area contributed by atoms with Crippen molar-refractivity contribution in [2.45, 2.75) is 79.1 Å². The van der Waals surface area contributed by atoms with Crippen molar-refractivity contribution in [2.75, 3.05) is 0 Å². The molecular weight excluding hydrogens is 584 g/mol. The van der Waals surface area contributed by atoms with Gasteiger partial charge in [-0.05, 0) is 18.9 Å². The van der Waals surface area contributed by atoms with E-state index in [2.05, 4.69) is 125 Å². The molecule has 0 saturated carbocycles. The summed E-state index contributed by atoms with van der Waals surface area (Å²) in [5.41, 5.74) is 13.8. The fourth-order valence-corrected chi connectivity index (χ4v) is 6.13. The van der Waals surface area contributed by atoms with Gasteiger partial charge in [0.25, 0.3) is 0 Å². The standard InChI is InChI=1S/C21H26.C15H13.C5H5.Zr/c1-3-5-7-18-9-13-20(14-10-18)17-21-15-11-19(12-16-21)8-6-4-2;1-10-3-5-14-12(7-10)9-13-8-11(2)4-6-15(13)14;1-2-4-5-3-1;/h9-16H,3-8H2,1-2H3;3-7H,9H2,1-2H3;1-3H,4H2;/q;2*-1;+2. The zero-order valence-electron chi connectivity index (χ0n) is 25.9. The molecule has 42 heavy (non-hydrogen) atoms. The van der Waals surface area contributed by atoms with E-state index in [1.54, 1.807) is 0 Å². The van der Waals surface area contributed by atoms with Crippen LogP contribution >= 0.6 is 0 Å². The van der Waals surface area contributed by atoms with E-state index >= 15 is 0 Å². The molecule has 4 aromatic rings. The normalized spacial score (nSPS) is 12.1. The molecule has 0 amide bonds. The summed E-state index contributed by atoms with van der Waals surface area (Å²) in [5, 5.41) is 0. The van der Waals surface area contributed by atoms with E-state index in [1.807, 2.05) is 12.2 Å². The Morgan fingerprint density at radius 3 is 1.83 bits per heavy atom. The topological polar surface area (TPSA) is 0 Å². The maximum absolute atomic E-state index is 3.45. The van der Waals surface area contributed by atoms with Crippen molar-refractivity contribution in [1.82, 2.24) is 0 Å². The van der Waals surface area contributed by atoms with Crippen LogP contribution in [0.3, 0.4) is 0 Å². The molecule has 0 aromatic heterocycles. The van der Waals surface area contributed by atoms with Gasteiger partial charge in [-0.2, -0.15) is 29.8 Å². The second-order valence-electron chi connectivity index (χ2n) is 11.3. The van der Waals surface area contributed by atoms with Gasteiger partial charge in [0.05, 0.1) is 0 Å². The van der Waals surface area contributed by atoms with Crippen LogP contribution in [0, 0.1) is 26.0 Å². The number of hydrogen-bond acceptors (Lipinski definition) is 0. The number of allylic oxidation sites excluding steroid dienone is 4. The molecule has 0 radical (unpaired) electrons. The van der Waals surface area contributed by atoms with Crippen LogP contribution in [0.25, 0.3) is 11.1 Å². The molecule has 2 aliphatic carbocycles. The summed E-state index contributed by atoms with van der Waals surface area (Å²) in [6.45, 7) is 8.76. The van der Waals surface area contributed by atoms with Gasteiger partial charge in [-0.1, -0.05) is 36.2 Å². The van der Waals surface area contributed by atoms with Gasteiger partial charge in [0.1, 0.15) is 0 Å². The average molecular weight is 628 g/mol. The van der Waals surface area contributed by atoms with Crippen LogP contribution in [-0.2, 0) is 43.5 Å². The maximum Gasteiger partial charge on any atom is -0.0253 e. The Bertz CT molecular complexity index is 1390. The van der Waals surface area contributed by atoms with Crippen molar-refractivity contribution in [3.05, 3.63) is 154 Å². The maximum atomic E-state index is 3.45. The number of benzene rings is 4. The molecule has 0 aliphatic heterocycles. The first-order chi connectivity index (χ1) is 20.5. The van der Waals surface area contributed by atoms with Crippen molar-refractivity contribution in [1.29, 1.82) is 0 Å². The first kappa shape index (κ1) is 32.0. The summed E-state index contributed by atoms with van der Waals surface area (Å²) >= 11 is 1.48. The minimum absolute atomic E-state index is 1.01. The summed E-state index contributed by atoms with van der Waals surface area (Å²) in [4.78, 5) is 0. The molecule has 2 aliphatic rings. The van der Waals surface area contributed by atoms with Crippen molar-refractivity contribution < 1.29 is 24.2 Å². The fourth-order valence-electron chi connectivity index (χ4n) is 5.31. The zero-order valence-corrected chi connectivity index (χ0v) is 28.4. The van der Waals surface area contributed by atoms with Gasteiger partial charge < -0.3 is 0 Å². The van der Waals surface area contributed by atoms with Gasteiger partial charge in [-0.15, -0.1) is 17.5 Å². The van der Waals surface area contributed by atoms with Crippen LogP contribution in [0.5, 0.6) is 0 Å². The van der Waals surface area contributed by atoms with E-state index in [4.69, 9.17) is 0 Å². The van der Waals surface area contributed by atoms with Crippen molar-refractivity contribution in [2.24, 2.45) is 0 Å². The fraction of sp³-hybridized carbons (Fsp3) is 0.293. The molecule has 0 atom stereocenters. The van der Waals surface area contributed by atoms with E-state index in [-0.39, 0.29) is 0 Å². The molecule has 0 fully saturated rings. The monoisotopic (exact) mass is 626 g/mol. The Morgan fingerprint density at radius 2 is 1.33 bits per heavy atom. The quantitative estimate of drug-likeness (QED) is 0.150. The van der Waals surface area contributed by atoms with Crippen LogP contribution in [0.2, 0.25) is 0 Å². The van der Waals surface area contributed by atoms with Gasteiger partial charge in [-0.3, -0.25) is 6.08 Å². The molecule has 0 N–H and O–H groups in total. The molecule has 212 valence electrons. The zero-order chi connectivity index (χ0) is 29.7. The third-order valence-corrected chi connectivity index (χ3v) is 9.22. The van der Waals surface area contributed by atoms with E-state index in [1.165, 1.54) is 122 Å². The average Bonchev–Trinajstić information content (AvgIpc) is 3.71. The van der Waals surface area contributed by atoms with E-state index in [9.17, 15) is 0 Å². The van der Waals surface area contributed by atoms with Crippen LogP contribution in [-0.4, -0.2) is 3.21 Å². The third-order valence-electron chi connectivity index (χ3n) is 7.80. The summed E-state index contributed by atoms with van der Waals surface area (Å²) in [5.74, 6) is 0. The predicted octanol–water partition coefficient (Wildman–Crippen LogP) is 10.5. The number of rotatable bonds is 8. The number of hydrogen-bond donors (Lipinski definition) is 0. The Kier molecular flexibility index (Phi) is 12.7. The van der Waals surface area contributed by atoms with Gasteiger partial charge in [0, 0.05) is 0 Å². The molecule has 1 heteroatoms. The molecule has 0 unspecified atom stereocenters. The first-order valence-corrected chi connectivity index (χ1v) is 16.8. The predicted molar refractivity (Wildman–Crippen MR) is 178 cm³/mol. The van der Waals surface area contributed by atoms with E-state index < -0.39 is 0 Å². The van der Waals surface area contributed by atoms with Gasteiger partial charge in [0.15, 0.2) is 0 Å². The summed E-state index contributed by atoms with van der Waals surface area (Å²) in [6.07, 6.45) is 18.6. The van der Waals surface area contributed by atoms with Crippen molar-refractivity contribution in [3.8, 4) is 11.1 Å². The number of fused-ring (bicyclic) bond motifs is 3. The molecule has 0 heterocycles. The van der Waals surface area contributed by atoms with Gasteiger partial charge in [-0.25, -0.2) is 12.2 Å². The Hall–Kier alpha value is -2.89. The van der Waals surface area contributed by atoms with Crippen LogP contribution in [0.15, 0.2) is 97.1 Å². The third kappa shape index (κ3) is 9.31. The van der Waals surface area contributed by atoms with Crippen LogP contribution in [0.1, 0.15) is 90.5 Å². The summed E-state index contributed by atoms with van der Waals surface area (Å²) in [6, 6.07) is 32.9. The molecule has 0 bridgehead atoms. The first-order valence-electron chi connectivity index (χ1n) is 15.6. The Balaban J connectivity index is 0.000000172. The second-order valence-corrected chi connectivity index (χ2v) is 12.6. The summed E-state index contributed by atoms with van der Waals surface area (Å²) in [7, 11) is 0. The van der Waals surface area contributed by atoms with Crippen LogP contribution < -0.4 is 0 Å². The van der Waals surface area contributed by atoms with Crippen molar-refractivity contribution in [3.63, 3.8) is 0 Å². The number of aryl methyl sites for hydroxylation is 4.